The van der Waals surface area contributed by atoms with Crippen LogP contribution in [0.1, 0.15) is 10.4 Å². The van der Waals surface area contributed by atoms with Crippen molar-refractivity contribution in [3.8, 4) is 0 Å². The van der Waals surface area contributed by atoms with Crippen LogP contribution in [0.25, 0.3) is 0 Å². The fourth-order valence-electron chi connectivity index (χ4n) is 0.723. The van der Waals surface area contributed by atoms with Crippen molar-refractivity contribution in [1.29, 1.82) is 0 Å². The molecule has 0 atom stereocenters. The van der Waals surface area contributed by atoms with Crippen molar-refractivity contribution in [2.45, 2.75) is 0 Å². The van der Waals surface area contributed by atoms with E-state index in [-0.39, 0.29) is 11.0 Å². The van der Waals surface area contributed by atoms with Crippen LogP contribution in [0.5, 0.6) is 0 Å². The van der Waals surface area contributed by atoms with E-state index < -0.39 is 11.7 Å². The second-order valence-corrected chi connectivity index (χ2v) is 1.95. The minimum absolute atomic E-state index is 0. The zero-order valence-corrected chi connectivity index (χ0v) is 6.17. The number of nitrogens with two attached hydrogens (primary N) is 1. The largest absolute Gasteiger partial charge is 0.412 e. The lowest BCUT2D eigenvalue weighted by molar-refractivity contribution is 0.0949. The first-order valence-electron chi connectivity index (χ1n) is 3.01. The van der Waals surface area contributed by atoms with Gasteiger partial charge in [0.05, 0.1) is 5.56 Å². The Morgan fingerprint density at radius 3 is 2.50 bits per heavy atom. The Morgan fingerprint density at radius 2 is 2.00 bits per heavy atom. The molecule has 0 aliphatic rings. The van der Waals surface area contributed by atoms with Gasteiger partial charge < -0.3 is 5.48 Å². The number of halogens is 1. The van der Waals surface area contributed by atoms with E-state index in [2.05, 4.69) is 0 Å². The summed E-state index contributed by atoms with van der Waals surface area (Å²) in [6.07, 6.45) is 0. The summed E-state index contributed by atoms with van der Waals surface area (Å²) in [6, 6.07) is 5.62. The average molecular weight is 172 g/mol. The zero-order chi connectivity index (χ0) is 8.27. The van der Waals surface area contributed by atoms with Crippen LogP contribution in [-0.2, 0) is 0 Å². The van der Waals surface area contributed by atoms with E-state index >= 15 is 0 Å². The third-order valence-electron chi connectivity index (χ3n) is 1.25. The molecule has 0 aromatic heterocycles. The number of hydrazine groups is 1. The van der Waals surface area contributed by atoms with Gasteiger partial charge in [-0.3, -0.25) is 10.2 Å². The quantitative estimate of drug-likeness (QED) is 0.343. The number of nitrogens with one attached hydrogen (secondary N) is 1. The van der Waals surface area contributed by atoms with Gasteiger partial charge in [0, 0.05) is 0 Å². The molecular weight excluding hydrogens is 163 g/mol. The third kappa shape index (κ3) is 2.01. The molecule has 5 heteroatoms. The second-order valence-electron chi connectivity index (χ2n) is 1.95. The molecule has 0 saturated heterocycles. The number of amides is 1. The maximum atomic E-state index is 12.7. The second kappa shape index (κ2) is 4.42. The highest BCUT2D eigenvalue weighted by Gasteiger charge is 2.07. The molecule has 0 aliphatic carbocycles. The number of benzene rings is 1. The van der Waals surface area contributed by atoms with Crippen LogP contribution in [0.4, 0.5) is 4.39 Å². The Kier molecular flexibility index (Phi) is 3.89. The van der Waals surface area contributed by atoms with E-state index in [0.717, 1.165) is 0 Å². The van der Waals surface area contributed by atoms with Crippen LogP contribution in [0.2, 0.25) is 0 Å². The highest BCUT2D eigenvalue weighted by molar-refractivity contribution is 5.93. The molecule has 5 N–H and O–H groups in total. The summed E-state index contributed by atoms with van der Waals surface area (Å²) in [5, 5.41) is 0. The van der Waals surface area contributed by atoms with Crippen LogP contribution in [0.3, 0.4) is 0 Å². The minimum Gasteiger partial charge on any atom is -0.412 e. The van der Waals surface area contributed by atoms with Crippen LogP contribution in [-0.4, -0.2) is 11.4 Å². The van der Waals surface area contributed by atoms with E-state index in [1.54, 1.807) is 6.07 Å². The van der Waals surface area contributed by atoms with Gasteiger partial charge >= 0.3 is 0 Å². The average Bonchev–Trinajstić information content (AvgIpc) is 2.04. The van der Waals surface area contributed by atoms with Gasteiger partial charge in [0.1, 0.15) is 5.82 Å². The zero-order valence-electron chi connectivity index (χ0n) is 6.17. The summed E-state index contributed by atoms with van der Waals surface area (Å²) in [5.74, 6) is 3.61. The van der Waals surface area contributed by atoms with Crippen molar-refractivity contribution >= 4 is 5.91 Å². The van der Waals surface area contributed by atoms with Gasteiger partial charge in [-0.2, -0.15) is 0 Å². The Morgan fingerprint density at radius 1 is 1.42 bits per heavy atom. The molecule has 1 aromatic carbocycles. The van der Waals surface area contributed by atoms with Crippen LogP contribution in [0.15, 0.2) is 24.3 Å². The number of hydrogen-bond donors (Lipinski definition) is 2. The van der Waals surface area contributed by atoms with Crippen molar-refractivity contribution in [2.75, 3.05) is 0 Å². The van der Waals surface area contributed by atoms with E-state index in [9.17, 15) is 9.18 Å². The van der Waals surface area contributed by atoms with E-state index in [4.69, 9.17) is 5.84 Å². The Hall–Kier alpha value is -1.46. The molecule has 1 rings (SSSR count). The molecule has 0 spiro atoms. The summed E-state index contributed by atoms with van der Waals surface area (Å²) in [4.78, 5) is 10.8. The molecular formula is C7H9FN2O2. The molecule has 1 aromatic rings. The molecule has 0 radical (unpaired) electrons. The molecule has 0 saturated carbocycles. The molecule has 0 unspecified atom stereocenters. The predicted molar refractivity (Wildman–Crippen MR) is 41.7 cm³/mol. The molecule has 12 heavy (non-hydrogen) atoms. The molecule has 0 heterocycles. The summed E-state index contributed by atoms with van der Waals surface area (Å²) in [5.41, 5.74) is 1.80. The first kappa shape index (κ1) is 10.5. The highest BCUT2D eigenvalue weighted by Crippen LogP contribution is 2.04. The maximum Gasteiger partial charge on any atom is 0.268 e. The van der Waals surface area contributed by atoms with Crippen molar-refractivity contribution in [3.05, 3.63) is 35.6 Å². The monoisotopic (exact) mass is 172 g/mol. The smallest absolute Gasteiger partial charge is 0.268 e. The summed E-state index contributed by atoms with van der Waals surface area (Å²) < 4.78 is 12.7. The summed E-state index contributed by atoms with van der Waals surface area (Å²) >= 11 is 0. The molecule has 66 valence electrons. The van der Waals surface area contributed by atoms with Crippen LogP contribution < -0.4 is 11.3 Å². The topological polar surface area (TPSA) is 86.6 Å². The standard InChI is InChI=1S/C7H7FN2O.H2O/c8-6-4-2-1-3-5(6)7(11)10-9;/h1-4H,9H2,(H,10,11);1H2. The number of hydrogen-bond acceptors (Lipinski definition) is 2. The highest BCUT2D eigenvalue weighted by atomic mass is 19.1. The Balaban J connectivity index is 0.00000121. The van der Waals surface area contributed by atoms with Gasteiger partial charge in [-0.25, -0.2) is 10.2 Å². The molecule has 1 amide bonds. The predicted octanol–water partition coefficient (Wildman–Crippen LogP) is -0.396. The molecule has 0 bridgehead atoms. The SMILES string of the molecule is NNC(=O)c1ccccc1F.O. The van der Waals surface area contributed by atoms with E-state index in [1.807, 2.05) is 5.43 Å². The lowest BCUT2D eigenvalue weighted by Gasteiger charge is -1.98. The van der Waals surface area contributed by atoms with Crippen LogP contribution >= 0.6 is 0 Å². The number of nitrogen functional groups attached to an aromatic ring is 1. The fraction of sp³-hybridized carbons (Fsp3) is 0. The van der Waals surface area contributed by atoms with Crippen molar-refractivity contribution in [1.82, 2.24) is 5.43 Å². The maximum absolute atomic E-state index is 12.7. The van der Waals surface area contributed by atoms with Gasteiger partial charge in [-0.1, -0.05) is 12.1 Å². The van der Waals surface area contributed by atoms with Crippen molar-refractivity contribution < 1.29 is 14.7 Å². The van der Waals surface area contributed by atoms with Gasteiger partial charge in [0.25, 0.3) is 5.91 Å². The van der Waals surface area contributed by atoms with Gasteiger partial charge in [0.2, 0.25) is 0 Å². The van der Waals surface area contributed by atoms with Gasteiger partial charge in [0.15, 0.2) is 0 Å². The van der Waals surface area contributed by atoms with Crippen molar-refractivity contribution in [3.63, 3.8) is 0 Å². The molecule has 0 aliphatic heterocycles. The van der Waals surface area contributed by atoms with E-state index in [0.29, 0.717) is 0 Å². The Bertz CT molecular complexity index is 278. The first-order chi connectivity index (χ1) is 5.25. The molecule has 4 nitrogen and oxygen atoms in total. The van der Waals surface area contributed by atoms with Gasteiger partial charge in [-0.05, 0) is 12.1 Å². The fourth-order valence-corrected chi connectivity index (χ4v) is 0.723. The number of rotatable bonds is 1. The molecule has 0 fully saturated rings. The van der Waals surface area contributed by atoms with Crippen molar-refractivity contribution in [2.24, 2.45) is 5.84 Å². The summed E-state index contributed by atoms with van der Waals surface area (Å²) in [6.45, 7) is 0. The lowest BCUT2D eigenvalue weighted by atomic mass is 10.2. The lowest BCUT2D eigenvalue weighted by Crippen LogP contribution is -2.30. The first-order valence-corrected chi connectivity index (χ1v) is 3.01. The number of carbonyl (C=O) groups is 1. The van der Waals surface area contributed by atoms with Crippen LogP contribution in [0, 0.1) is 5.82 Å². The van der Waals surface area contributed by atoms with E-state index in [1.165, 1.54) is 18.2 Å². The summed E-state index contributed by atoms with van der Waals surface area (Å²) in [7, 11) is 0. The third-order valence-corrected chi connectivity index (χ3v) is 1.25. The Labute approximate surface area is 68.5 Å². The normalized spacial score (nSPS) is 8.50. The minimum atomic E-state index is -0.622. The number of carbonyl (C=O) groups excluding carboxylic acids is 1. The van der Waals surface area contributed by atoms with Gasteiger partial charge in [-0.15, -0.1) is 0 Å².